The minimum Gasteiger partial charge on any atom is -0.339 e. The van der Waals surface area contributed by atoms with Crippen LogP contribution < -0.4 is 5.32 Å². The Hall–Kier alpha value is -1.30. The van der Waals surface area contributed by atoms with Crippen molar-refractivity contribution < 1.29 is 9.59 Å². The summed E-state index contributed by atoms with van der Waals surface area (Å²) in [5.41, 5.74) is -0.393. The summed E-state index contributed by atoms with van der Waals surface area (Å²) in [6.45, 7) is 6.20. The molecular weight excluding hydrogens is 349 g/mol. The van der Waals surface area contributed by atoms with E-state index in [-0.39, 0.29) is 11.8 Å². The van der Waals surface area contributed by atoms with Crippen LogP contribution in [-0.2, 0) is 9.59 Å². The lowest BCUT2D eigenvalue weighted by atomic mass is 10.0. The quantitative estimate of drug-likeness (QED) is 0.830. The average molecular weight is 370 g/mol. The van der Waals surface area contributed by atoms with Crippen LogP contribution in [0.5, 0.6) is 0 Å². The molecule has 2 amide bonds. The number of halogens is 2. The van der Waals surface area contributed by atoms with Gasteiger partial charge in [0.1, 0.15) is 5.41 Å². The van der Waals surface area contributed by atoms with E-state index in [1.165, 1.54) is 0 Å². The number of carbonyl (C=O) groups excluding carboxylic acids is 2. The van der Waals surface area contributed by atoms with E-state index in [0.29, 0.717) is 41.7 Å². The molecule has 3 rings (SSSR count). The Balaban J connectivity index is 1.66. The molecular formula is C17H21Cl2N3O2. The summed E-state index contributed by atoms with van der Waals surface area (Å²) in [5.74, 6) is -0.312. The molecule has 130 valence electrons. The van der Waals surface area contributed by atoms with E-state index in [1.807, 2.05) is 4.90 Å². The Morgan fingerprint density at radius 3 is 2.17 bits per heavy atom. The largest absolute Gasteiger partial charge is 0.339 e. The highest BCUT2D eigenvalue weighted by atomic mass is 35.5. The first-order valence-corrected chi connectivity index (χ1v) is 8.99. The first-order valence-electron chi connectivity index (χ1n) is 8.24. The minimum atomic E-state index is -0.914. The number of nitrogens with zero attached hydrogens (tertiary/aromatic N) is 2. The van der Waals surface area contributed by atoms with Gasteiger partial charge in [0.25, 0.3) is 0 Å². The Morgan fingerprint density at radius 1 is 1.08 bits per heavy atom. The van der Waals surface area contributed by atoms with Gasteiger partial charge in [0, 0.05) is 41.9 Å². The maximum atomic E-state index is 12.8. The second-order valence-corrected chi connectivity index (χ2v) is 7.29. The van der Waals surface area contributed by atoms with Gasteiger partial charge in [-0.15, -0.1) is 0 Å². The predicted octanol–water partition coefficient (Wildman–Crippen LogP) is 2.88. The van der Waals surface area contributed by atoms with Crippen molar-refractivity contribution in [3.05, 3.63) is 28.2 Å². The molecule has 2 fully saturated rings. The second-order valence-electron chi connectivity index (χ2n) is 6.42. The normalized spacial score (nSPS) is 19.9. The Kier molecular flexibility index (Phi) is 5.04. The third-order valence-electron chi connectivity index (χ3n) is 4.82. The summed E-state index contributed by atoms with van der Waals surface area (Å²) in [6, 6.07) is 4.86. The maximum absolute atomic E-state index is 12.8. The molecule has 1 aromatic carbocycles. The highest BCUT2D eigenvalue weighted by molar-refractivity contribution is 6.35. The molecule has 2 aliphatic rings. The molecule has 7 heteroatoms. The molecule has 0 aromatic heterocycles. The van der Waals surface area contributed by atoms with E-state index in [1.54, 1.807) is 18.2 Å². The monoisotopic (exact) mass is 369 g/mol. The molecule has 0 radical (unpaired) electrons. The number of anilines is 1. The van der Waals surface area contributed by atoms with Crippen LogP contribution >= 0.6 is 23.2 Å². The molecule has 0 unspecified atom stereocenters. The highest BCUT2D eigenvalue weighted by Crippen LogP contribution is 2.48. The summed E-state index contributed by atoms with van der Waals surface area (Å²) in [5, 5.41) is 3.70. The minimum absolute atomic E-state index is 0.0520. The van der Waals surface area contributed by atoms with Crippen molar-refractivity contribution in [3.8, 4) is 0 Å². The fourth-order valence-electron chi connectivity index (χ4n) is 3.11. The standard InChI is InChI=1S/C17H21Cl2N3O2/c1-2-21-5-7-22(8-6-21)16(24)17(3-4-17)15(23)20-14-10-12(18)9-13(19)11-14/h9-11H,2-8H2,1H3,(H,20,23). The molecule has 0 bridgehead atoms. The Bertz CT molecular complexity index is 633. The molecule has 5 nitrogen and oxygen atoms in total. The third-order valence-corrected chi connectivity index (χ3v) is 5.26. The first-order chi connectivity index (χ1) is 11.4. The van der Waals surface area contributed by atoms with Gasteiger partial charge in [-0.2, -0.15) is 0 Å². The lowest BCUT2D eigenvalue weighted by Gasteiger charge is -2.35. The smallest absolute Gasteiger partial charge is 0.240 e. The number of amides is 2. The number of rotatable bonds is 4. The number of piperazine rings is 1. The summed E-state index contributed by atoms with van der Waals surface area (Å²) < 4.78 is 0. The van der Waals surface area contributed by atoms with E-state index < -0.39 is 5.41 Å². The zero-order valence-corrected chi connectivity index (χ0v) is 15.2. The van der Waals surface area contributed by atoms with Crippen LogP contribution in [-0.4, -0.2) is 54.3 Å². The molecule has 1 aliphatic carbocycles. The van der Waals surface area contributed by atoms with Gasteiger partial charge in [-0.05, 0) is 37.6 Å². The van der Waals surface area contributed by atoms with Crippen molar-refractivity contribution in [3.63, 3.8) is 0 Å². The molecule has 1 aromatic rings. The Morgan fingerprint density at radius 2 is 1.67 bits per heavy atom. The van der Waals surface area contributed by atoms with Crippen molar-refractivity contribution in [2.75, 3.05) is 38.0 Å². The van der Waals surface area contributed by atoms with Gasteiger partial charge in [0.15, 0.2) is 0 Å². The van der Waals surface area contributed by atoms with Gasteiger partial charge in [-0.25, -0.2) is 0 Å². The summed E-state index contributed by atoms with van der Waals surface area (Å²) in [7, 11) is 0. The van der Waals surface area contributed by atoms with Gasteiger partial charge >= 0.3 is 0 Å². The molecule has 1 N–H and O–H groups in total. The summed E-state index contributed by atoms with van der Waals surface area (Å²) >= 11 is 11.9. The highest BCUT2D eigenvalue weighted by Gasteiger charge is 2.58. The molecule has 1 aliphatic heterocycles. The van der Waals surface area contributed by atoms with Crippen molar-refractivity contribution >= 4 is 40.7 Å². The van der Waals surface area contributed by atoms with Crippen LogP contribution in [0.25, 0.3) is 0 Å². The average Bonchev–Trinajstić information content (AvgIpc) is 3.35. The van der Waals surface area contributed by atoms with Crippen LogP contribution in [0.4, 0.5) is 5.69 Å². The summed E-state index contributed by atoms with van der Waals surface area (Å²) in [4.78, 5) is 29.6. The molecule has 24 heavy (non-hydrogen) atoms. The van der Waals surface area contributed by atoms with Crippen molar-refractivity contribution in [2.45, 2.75) is 19.8 Å². The van der Waals surface area contributed by atoms with E-state index in [9.17, 15) is 9.59 Å². The molecule has 1 saturated heterocycles. The lowest BCUT2D eigenvalue weighted by Crippen LogP contribution is -2.52. The van der Waals surface area contributed by atoms with Crippen LogP contribution in [0.1, 0.15) is 19.8 Å². The lowest BCUT2D eigenvalue weighted by molar-refractivity contribution is -0.143. The SMILES string of the molecule is CCN1CCN(C(=O)C2(C(=O)Nc3cc(Cl)cc(Cl)c3)CC2)CC1. The second kappa shape index (κ2) is 6.90. The van der Waals surface area contributed by atoms with Crippen molar-refractivity contribution in [1.29, 1.82) is 0 Å². The first kappa shape index (κ1) is 17.5. The zero-order chi connectivity index (χ0) is 17.3. The maximum Gasteiger partial charge on any atom is 0.240 e. The van der Waals surface area contributed by atoms with Crippen LogP contribution in [0.15, 0.2) is 18.2 Å². The van der Waals surface area contributed by atoms with Crippen LogP contribution in [0.3, 0.4) is 0 Å². The van der Waals surface area contributed by atoms with E-state index in [4.69, 9.17) is 23.2 Å². The molecule has 0 atom stereocenters. The van der Waals surface area contributed by atoms with Gasteiger partial charge in [-0.1, -0.05) is 30.1 Å². The molecule has 1 saturated carbocycles. The van der Waals surface area contributed by atoms with Crippen LogP contribution in [0.2, 0.25) is 10.0 Å². The fourth-order valence-corrected chi connectivity index (χ4v) is 3.64. The van der Waals surface area contributed by atoms with Crippen LogP contribution in [0, 0.1) is 5.41 Å². The molecule has 1 heterocycles. The number of benzene rings is 1. The van der Waals surface area contributed by atoms with E-state index >= 15 is 0 Å². The number of hydrogen-bond acceptors (Lipinski definition) is 3. The van der Waals surface area contributed by atoms with E-state index in [0.717, 1.165) is 19.6 Å². The van der Waals surface area contributed by atoms with Gasteiger partial charge in [0.05, 0.1) is 0 Å². The van der Waals surface area contributed by atoms with Gasteiger partial charge < -0.3 is 15.1 Å². The fraction of sp³-hybridized carbons (Fsp3) is 0.529. The number of likely N-dealkylation sites (N-methyl/N-ethyl adjacent to an activating group) is 1. The van der Waals surface area contributed by atoms with Crippen molar-refractivity contribution in [1.82, 2.24) is 9.80 Å². The van der Waals surface area contributed by atoms with Gasteiger partial charge in [-0.3, -0.25) is 9.59 Å². The number of carbonyl (C=O) groups is 2. The van der Waals surface area contributed by atoms with Crippen molar-refractivity contribution in [2.24, 2.45) is 5.41 Å². The third kappa shape index (κ3) is 3.53. The zero-order valence-electron chi connectivity index (χ0n) is 13.6. The number of hydrogen-bond donors (Lipinski definition) is 1. The van der Waals surface area contributed by atoms with Gasteiger partial charge in [0.2, 0.25) is 11.8 Å². The number of nitrogens with one attached hydrogen (secondary N) is 1. The topological polar surface area (TPSA) is 52.7 Å². The van der Waals surface area contributed by atoms with E-state index in [2.05, 4.69) is 17.1 Å². The molecule has 0 spiro atoms. The Labute approximate surface area is 151 Å². The summed E-state index contributed by atoms with van der Waals surface area (Å²) in [6.07, 6.45) is 1.19. The predicted molar refractivity (Wildman–Crippen MR) is 95.5 cm³/mol.